The van der Waals surface area contributed by atoms with Crippen molar-refractivity contribution in [1.82, 2.24) is 4.90 Å². The van der Waals surface area contributed by atoms with Gasteiger partial charge in [0.15, 0.2) is 5.03 Å². The molecular weight excluding hydrogens is 352 g/mol. The van der Waals surface area contributed by atoms with Crippen molar-refractivity contribution in [3.05, 3.63) is 36.4 Å². The SMILES string of the molecule is C=CC(=O)N1C(S(=O)(=O)O)=CC(S(=O)(=O)O)=[N+](C(=O)C=C)C1C. The van der Waals surface area contributed by atoms with E-state index < -0.39 is 48.3 Å². The van der Waals surface area contributed by atoms with Gasteiger partial charge in [0.25, 0.3) is 5.91 Å². The number of carbonyl (C=O) groups excluding carboxylic acids is 2. The van der Waals surface area contributed by atoms with Gasteiger partial charge in [-0.2, -0.15) is 16.8 Å². The third kappa shape index (κ3) is 3.61. The average molecular weight is 365 g/mol. The second-order valence-electron chi connectivity index (χ2n) is 4.23. The van der Waals surface area contributed by atoms with Gasteiger partial charge in [0.2, 0.25) is 6.17 Å². The molecule has 0 saturated carbocycles. The lowest BCUT2D eigenvalue weighted by Crippen LogP contribution is -2.53. The quantitative estimate of drug-likeness (QED) is 0.371. The highest BCUT2D eigenvalue weighted by Gasteiger charge is 2.47. The summed E-state index contributed by atoms with van der Waals surface area (Å²) in [6, 6.07) is 0. The zero-order valence-corrected chi connectivity index (χ0v) is 13.4. The molecule has 126 valence electrons. The highest BCUT2D eigenvalue weighted by molar-refractivity contribution is 8.01. The fourth-order valence-electron chi connectivity index (χ4n) is 1.91. The molecule has 2 N–H and O–H groups in total. The van der Waals surface area contributed by atoms with E-state index in [1.54, 1.807) is 0 Å². The van der Waals surface area contributed by atoms with Gasteiger partial charge < -0.3 is 0 Å². The van der Waals surface area contributed by atoms with Gasteiger partial charge in [0.1, 0.15) is 0 Å². The maximum absolute atomic E-state index is 11.9. The lowest BCUT2D eigenvalue weighted by Gasteiger charge is -2.28. The molecule has 0 fully saturated rings. The van der Waals surface area contributed by atoms with E-state index in [0.29, 0.717) is 21.6 Å². The van der Waals surface area contributed by atoms with E-state index in [-0.39, 0.29) is 6.08 Å². The van der Waals surface area contributed by atoms with Crippen LogP contribution >= 0.6 is 0 Å². The second kappa shape index (κ2) is 6.16. The van der Waals surface area contributed by atoms with Crippen LogP contribution < -0.4 is 0 Å². The van der Waals surface area contributed by atoms with Crippen LogP contribution in [0.4, 0.5) is 0 Å². The van der Waals surface area contributed by atoms with Crippen molar-refractivity contribution >= 4 is 37.1 Å². The Hall–Kier alpha value is -2.15. The van der Waals surface area contributed by atoms with Crippen molar-refractivity contribution in [2.75, 3.05) is 0 Å². The van der Waals surface area contributed by atoms with E-state index in [9.17, 15) is 35.5 Å². The molecule has 1 aliphatic rings. The Morgan fingerprint density at radius 3 is 2.04 bits per heavy atom. The molecule has 0 aliphatic carbocycles. The van der Waals surface area contributed by atoms with E-state index >= 15 is 0 Å². The molecule has 12 heteroatoms. The molecule has 0 bridgehead atoms. The van der Waals surface area contributed by atoms with Gasteiger partial charge >= 0.3 is 31.2 Å². The van der Waals surface area contributed by atoms with E-state index in [0.717, 1.165) is 6.92 Å². The Kier molecular flexibility index (Phi) is 5.06. The minimum absolute atomic E-state index is 0.285. The Labute approximate surface area is 132 Å². The Morgan fingerprint density at radius 2 is 1.70 bits per heavy atom. The predicted molar refractivity (Wildman–Crippen MR) is 78.2 cm³/mol. The van der Waals surface area contributed by atoms with Crippen molar-refractivity contribution < 1.29 is 40.1 Å². The van der Waals surface area contributed by atoms with Gasteiger partial charge in [-0.25, -0.2) is 9.69 Å². The van der Waals surface area contributed by atoms with Crippen LogP contribution in [0.5, 0.6) is 0 Å². The van der Waals surface area contributed by atoms with Crippen LogP contribution in [0.1, 0.15) is 6.92 Å². The summed E-state index contributed by atoms with van der Waals surface area (Å²) < 4.78 is 64.5. The molecule has 0 saturated heterocycles. The smallest absolute Gasteiger partial charge is 0.281 e. The average Bonchev–Trinajstić information content (AvgIpc) is 2.42. The van der Waals surface area contributed by atoms with E-state index in [1.165, 1.54) is 0 Å². The third-order valence-electron chi connectivity index (χ3n) is 2.82. The fourth-order valence-corrected chi connectivity index (χ4v) is 3.49. The monoisotopic (exact) mass is 365 g/mol. The molecule has 1 atom stereocenters. The summed E-state index contributed by atoms with van der Waals surface area (Å²) in [5.41, 5.74) is 0. The molecule has 1 rings (SSSR count). The van der Waals surface area contributed by atoms with Gasteiger partial charge in [0.05, 0.1) is 6.08 Å². The molecule has 2 amide bonds. The number of carbonyl (C=O) groups is 2. The first-order valence-corrected chi connectivity index (χ1v) is 8.69. The highest BCUT2D eigenvalue weighted by atomic mass is 32.2. The van der Waals surface area contributed by atoms with Crippen molar-refractivity contribution in [1.29, 1.82) is 0 Å². The summed E-state index contributed by atoms with van der Waals surface area (Å²) in [7, 11) is -10.1. The topological polar surface area (TPSA) is 149 Å². The maximum atomic E-state index is 11.9. The Bertz CT molecular complexity index is 864. The molecule has 0 aromatic heterocycles. The van der Waals surface area contributed by atoms with E-state index in [1.807, 2.05) is 0 Å². The standard InChI is InChI=1S/C11H12N2O8S2/c1-4-8(14)12-7(3)13(9(15)5-2)11(23(19,20)21)6-10(12)22(16,17)18/h4-7H,1-2H2,3H3,(H-,16,17,18,19,20,21)/p+1. The van der Waals surface area contributed by atoms with Crippen LogP contribution in [-0.4, -0.2) is 58.4 Å². The van der Waals surface area contributed by atoms with Crippen molar-refractivity contribution in [3.63, 3.8) is 0 Å². The molecule has 23 heavy (non-hydrogen) atoms. The highest BCUT2D eigenvalue weighted by Crippen LogP contribution is 2.23. The number of amides is 2. The van der Waals surface area contributed by atoms with Crippen LogP contribution in [0.3, 0.4) is 0 Å². The molecule has 10 nitrogen and oxygen atoms in total. The number of hydrogen-bond donors (Lipinski definition) is 2. The predicted octanol–water partition coefficient (Wildman–Crippen LogP) is -0.899. The second-order valence-corrected chi connectivity index (χ2v) is 6.96. The van der Waals surface area contributed by atoms with E-state index in [2.05, 4.69) is 13.2 Å². The lowest BCUT2D eigenvalue weighted by atomic mass is 10.3. The lowest BCUT2D eigenvalue weighted by molar-refractivity contribution is -0.500. The minimum Gasteiger partial charge on any atom is -0.281 e. The molecule has 1 unspecified atom stereocenters. The van der Waals surface area contributed by atoms with Crippen LogP contribution in [0.25, 0.3) is 0 Å². The number of nitrogens with zero attached hydrogens (tertiary/aromatic N) is 2. The van der Waals surface area contributed by atoms with Gasteiger partial charge in [0, 0.05) is 13.0 Å². The summed E-state index contributed by atoms with van der Waals surface area (Å²) in [5, 5.41) is -2.26. The Morgan fingerprint density at radius 1 is 1.17 bits per heavy atom. The minimum atomic E-state index is -5.05. The van der Waals surface area contributed by atoms with Crippen LogP contribution in [0.2, 0.25) is 0 Å². The van der Waals surface area contributed by atoms with Crippen molar-refractivity contribution in [2.24, 2.45) is 0 Å². The molecule has 0 aromatic carbocycles. The number of hydrogen-bond acceptors (Lipinski definition) is 6. The van der Waals surface area contributed by atoms with E-state index in [4.69, 9.17) is 0 Å². The molecular formula is C11H13N2O8S2+. The molecule has 1 heterocycles. The summed E-state index contributed by atoms with van der Waals surface area (Å²) in [5.74, 6) is -2.06. The molecule has 0 aromatic rings. The summed E-state index contributed by atoms with van der Waals surface area (Å²) >= 11 is 0. The maximum Gasteiger partial charge on any atom is 0.414 e. The summed E-state index contributed by atoms with van der Waals surface area (Å²) in [6.07, 6.45) is 0.174. The molecule has 0 radical (unpaired) electrons. The van der Waals surface area contributed by atoms with Crippen molar-refractivity contribution in [2.45, 2.75) is 13.1 Å². The van der Waals surface area contributed by atoms with Crippen LogP contribution in [0, 0.1) is 0 Å². The zero-order valence-electron chi connectivity index (χ0n) is 11.8. The van der Waals surface area contributed by atoms with Gasteiger partial charge in [-0.15, -0.1) is 4.58 Å². The van der Waals surface area contributed by atoms with Crippen LogP contribution in [-0.2, 0) is 29.8 Å². The van der Waals surface area contributed by atoms with Gasteiger partial charge in [-0.3, -0.25) is 13.9 Å². The first-order valence-electron chi connectivity index (χ1n) is 5.81. The zero-order chi connectivity index (χ0) is 18.2. The summed E-state index contributed by atoms with van der Waals surface area (Å²) in [6.45, 7) is 7.41. The number of rotatable bonds is 3. The third-order valence-corrected chi connectivity index (χ3v) is 4.51. The first kappa shape index (κ1) is 18.9. The molecule has 1 aliphatic heterocycles. The fraction of sp³-hybridized carbons (Fsp3) is 0.182. The normalized spacial score (nSPS) is 19.2. The van der Waals surface area contributed by atoms with Crippen LogP contribution in [0.15, 0.2) is 36.4 Å². The van der Waals surface area contributed by atoms with Gasteiger partial charge in [-0.05, 0) is 6.08 Å². The largest absolute Gasteiger partial charge is 0.414 e. The van der Waals surface area contributed by atoms with Gasteiger partial charge in [-0.1, -0.05) is 13.2 Å². The molecule has 0 spiro atoms. The van der Waals surface area contributed by atoms with Crippen molar-refractivity contribution in [3.8, 4) is 0 Å². The Balaban J connectivity index is 3.93. The summed E-state index contributed by atoms with van der Waals surface area (Å²) in [4.78, 5) is 24.1. The first-order chi connectivity index (χ1) is 10.4.